The summed E-state index contributed by atoms with van der Waals surface area (Å²) in [4.78, 5) is 12.6. The molecule has 0 bridgehead atoms. The van der Waals surface area contributed by atoms with Crippen LogP contribution in [0.4, 0.5) is 5.82 Å². The van der Waals surface area contributed by atoms with E-state index in [2.05, 4.69) is 20.1 Å². The number of benzene rings is 1. The number of nitrogen functional groups attached to an aromatic ring is 1. The van der Waals surface area contributed by atoms with Crippen molar-refractivity contribution in [2.24, 2.45) is 0 Å². The van der Waals surface area contributed by atoms with E-state index in [1.807, 2.05) is 31.2 Å². The van der Waals surface area contributed by atoms with Gasteiger partial charge in [-0.3, -0.25) is 0 Å². The van der Waals surface area contributed by atoms with Crippen molar-refractivity contribution in [3.63, 3.8) is 0 Å². The van der Waals surface area contributed by atoms with E-state index in [1.165, 1.54) is 11.0 Å². The molecular formula is C13H12N6. The molecule has 6 nitrogen and oxygen atoms in total. The summed E-state index contributed by atoms with van der Waals surface area (Å²) >= 11 is 0. The molecule has 0 aliphatic heterocycles. The van der Waals surface area contributed by atoms with E-state index in [-0.39, 0.29) is 0 Å². The molecule has 6 heteroatoms. The summed E-state index contributed by atoms with van der Waals surface area (Å²) in [5.41, 5.74) is 8.75. The van der Waals surface area contributed by atoms with Gasteiger partial charge in [-0.15, -0.1) is 0 Å². The summed E-state index contributed by atoms with van der Waals surface area (Å²) in [5.74, 6) is 0.807. The fourth-order valence-electron chi connectivity index (χ4n) is 1.86. The molecule has 0 unspecified atom stereocenters. The quantitative estimate of drug-likeness (QED) is 0.749. The van der Waals surface area contributed by atoms with Gasteiger partial charge in [0.05, 0.1) is 11.9 Å². The Hall–Kier alpha value is -2.76. The molecule has 2 aromatic heterocycles. The maximum Gasteiger partial charge on any atom is 0.198 e. The van der Waals surface area contributed by atoms with Gasteiger partial charge in [-0.25, -0.2) is 15.0 Å². The van der Waals surface area contributed by atoms with Crippen molar-refractivity contribution in [3.8, 4) is 17.1 Å². The Labute approximate surface area is 110 Å². The first-order valence-corrected chi connectivity index (χ1v) is 5.79. The highest BCUT2D eigenvalue weighted by Gasteiger charge is 2.10. The molecule has 19 heavy (non-hydrogen) atoms. The number of nitrogens with zero attached hydrogens (tertiary/aromatic N) is 5. The first kappa shape index (κ1) is 11.3. The van der Waals surface area contributed by atoms with E-state index in [9.17, 15) is 0 Å². The number of aromatic nitrogens is 5. The second-order valence-corrected chi connectivity index (χ2v) is 4.12. The maximum absolute atomic E-state index is 5.83. The summed E-state index contributed by atoms with van der Waals surface area (Å²) < 4.78 is 1.50. The van der Waals surface area contributed by atoms with E-state index < -0.39 is 0 Å². The van der Waals surface area contributed by atoms with Crippen molar-refractivity contribution in [1.82, 2.24) is 24.7 Å². The number of rotatable bonds is 2. The van der Waals surface area contributed by atoms with Crippen LogP contribution < -0.4 is 5.73 Å². The zero-order valence-electron chi connectivity index (χ0n) is 10.4. The molecule has 2 N–H and O–H groups in total. The number of hydrogen-bond acceptors (Lipinski definition) is 5. The topological polar surface area (TPSA) is 82.5 Å². The lowest BCUT2D eigenvalue weighted by Gasteiger charge is -2.08. The molecule has 0 radical (unpaired) electrons. The zero-order chi connectivity index (χ0) is 13.2. The van der Waals surface area contributed by atoms with Gasteiger partial charge in [0, 0.05) is 5.56 Å². The Kier molecular flexibility index (Phi) is 2.68. The van der Waals surface area contributed by atoms with Crippen molar-refractivity contribution < 1.29 is 0 Å². The molecule has 0 atom stereocenters. The molecule has 0 aliphatic rings. The van der Waals surface area contributed by atoms with Gasteiger partial charge in [-0.2, -0.15) is 9.78 Å². The first-order chi connectivity index (χ1) is 9.25. The Morgan fingerprint density at radius 2 is 2.05 bits per heavy atom. The standard InChI is InChI=1S/C13H12N6/c1-9-4-2-3-5-10(9)11-6-16-12(14)13(18-11)19-8-15-7-17-19/h2-8H,1H3,(H2,14,16). The Balaban J connectivity index is 2.15. The fourth-order valence-corrected chi connectivity index (χ4v) is 1.86. The zero-order valence-corrected chi connectivity index (χ0v) is 10.4. The monoisotopic (exact) mass is 252 g/mol. The summed E-state index contributed by atoms with van der Waals surface area (Å²) in [6, 6.07) is 7.99. The van der Waals surface area contributed by atoms with Crippen molar-refractivity contribution >= 4 is 5.82 Å². The molecule has 3 aromatic rings. The second-order valence-electron chi connectivity index (χ2n) is 4.12. The number of hydrogen-bond donors (Lipinski definition) is 1. The van der Waals surface area contributed by atoms with Crippen LogP contribution in [-0.4, -0.2) is 24.7 Å². The predicted octanol–water partition coefficient (Wildman–Crippen LogP) is 1.61. The van der Waals surface area contributed by atoms with E-state index in [0.717, 1.165) is 16.8 Å². The van der Waals surface area contributed by atoms with Gasteiger partial charge in [-0.1, -0.05) is 24.3 Å². The van der Waals surface area contributed by atoms with Crippen LogP contribution in [0.1, 0.15) is 5.56 Å². The average molecular weight is 252 g/mol. The highest BCUT2D eigenvalue weighted by Crippen LogP contribution is 2.22. The second kappa shape index (κ2) is 4.49. The van der Waals surface area contributed by atoms with E-state index in [0.29, 0.717) is 11.6 Å². The molecule has 94 valence electrons. The highest BCUT2D eigenvalue weighted by atomic mass is 15.4. The van der Waals surface area contributed by atoms with Crippen LogP contribution in [0.25, 0.3) is 17.1 Å². The minimum absolute atomic E-state index is 0.322. The van der Waals surface area contributed by atoms with Crippen LogP contribution in [0.2, 0.25) is 0 Å². The lowest BCUT2D eigenvalue weighted by Crippen LogP contribution is -2.06. The maximum atomic E-state index is 5.83. The molecule has 0 saturated heterocycles. The Morgan fingerprint density at radius 3 is 2.79 bits per heavy atom. The van der Waals surface area contributed by atoms with Crippen molar-refractivity contribution in [2.75, 3.05) is 5.73 Å². The van der Waals surface area contributed by atoms with Gasteiger partial charge in [0.25, 0.3) is 0 Å². The molecule has 0 amide bonds. The Bertz CT molecular complexity index is 705. The third-order valence-electron chi connectivity index (χ3n) is 2.84. The molecule has 0 aliphatic carbocycles. The number of aryl methyl sites for hydroxylation is 1. The van der Waals surface area contributed by atoms with E-state index in [1.54, 1.807) is 12.5 Å². The molecule has 0 spiro atoms. The summed E-state index contributed by atoms with van der Waals surface area (Å²) in [7, 11) is 0. The van der Waals surface area contributed by atoms with Gasteiger partial charge in [0.1, 0.15) is 12.7 Å². The molecule has 0 saturated carbocycles. The molecular weight excluding hydrogens is 240 g/mol. The smallest absolute Gasteiger partial charge is 0.198 e. The van der Waals surface area contributed by atoms with Crippen molar-refractivity contribution in [3.05, 3.63) is 48.7 Å². The van der Waals surface area contributed by atoms with Gasteiger partial charge in [0.15, 0.2) is 11.6 Å². The molecule has 1 aromatic carbocycles. The first-order valence-electron chi connectivity index (χ1n) is 5.79. The number of anilines is 1. The van der Waals surface area contributed by atoms with Gasteiger partial charge in [-0.05, 0) is 12.5 Å². The van der Waals surface area contributed by atoms with Crippen LogP contribution in [0, 0.1) is 6.92 Å². The summed E-state index contributed by atoms with van der Waals surface area (Å²) in [6.07, 6.45) is 4.64. The van der Waals surface area contributed by atoms with Crippen molar-refractivity contribution in [2.45, 2.75) is 6.92 Å². The number of nitrogens with two attached hydrogens (primary N) is 1. The van der Waals surface area contributed by atoms with E-state index in [4.69, 9.17) is 5.73 Å². The highest BCUT2D eigenvalue weighted by molar-refractivity contribution is 5.65. The predicted molar refractivity (Wildman–Crippen MR) is 71.5 cm³/mol. The third kappa shape index (κ3) is 2.03. The largest absolute Gasteiger partial charge is 0.381 e. The average Bonchev–Trinajstić information content (AvgIpc) is 2.94. The summed E-state index contributed by atoms with van der Waals surface area (Å²) in [5, 5.41) is 4.03. The van der Waals surface area contributed by atoms with Gasteiger partial charge < -0.3 is 5.73 Å². The SMILES string of the molecule is Cc1ccccc1-c1cnc(N)c(-n2cncn2)n1. The lowest BCUT2D eigenvalue weighted by atomic mass is 10.1. The van der Waals surface area contributed by atoms with Crippen LogP contribution in [0.3, 0.4) is 0 Å². The van der Waals surface area contributed by atoms with Crippen LogP contribution >= 0.6 is 0 Å². The van der Waals surface area contributed by atoms with E-state index >= 15 is 0 Å². The summed E-state index contributed by atoms with van der Waals surface area (Å²) in [6.45, 7) is 2.03. The molecule has 0 fully saturated rings. The van der Waals surface area contributed by atoms with Gasteiger partial charge >= 0.3 is 0 Å². The fraction of sp³-hybridized carbons (Fsp3) is 0.0769. The lowest BCUT2D eigenvalue weighted by molar-refractivity contribution is 0.842. The minimum Gasteiger partial charge on any atom is -0.381 e. The minimum atomic E-state index is 0.322. The molecule has 3 rings (SSSR count). The Morgan fingerprint density at radius 1 is 1.21 bits per heavy atom. The van der Waals surface area contributed by atoms with Crippen LogP contribution in [-0.2, 0) is 0 Å². The van der Waals surface area contributed by atoms with Crippen molar-refractivity contribution in [1.29, 1.82) is 0 Å². The van der Waals surface area contributed by atoms with Crippen LogP contribution in [0.15, 0.2) is 43.1 Å². The third-order valence-corrected chi connectivity index (χ3v) is 2.84. The van der Waals surface area contributed by atoms with Gasteiger partial charge in [0.2, 0.25) is 0 Å². The normalized spacial score (nSPS) is 10.6. The van der Waals surface area contributed by atoms with Crippen LogP contribution in [0.5, 0.6) is 0 Å². The molecule has 2 heterocycles.